The lowest BCUT2D eigenvalue weighted by Gasteiger charge is -2.13. The van der Waals surface area contributed by atoms with Gasteiger partial charge >= 0.3 is 0 Å². The maximum Gasteiger partial charge on any atom is 0.144 e. The van der Waals surface area contributed by atoms with Crippen molar-refractivity contribution in [1.82, 2.24) is 5.32 Å². The summed E-state index contributed by atoms with van der Waals surface area (Å²) in [7, 11) is 0. The third-order valence-electron chi connectivity index (χ3n) is 2.77. The summed E-state index contributed by atoms with van der Waals surface area (Å²) in [6.07, 6.45) is 0. The molecular formula is C13H12BrF2NS. The molecule has 0 saturated carbocycles. The number of thiophene rings is 1. The van der Waals surface area contributed by atoms with E-state index in [1.54, 1.807) is 11.3 Å². The van der Waals surface area contributed by atoms with Crippen LogP contribution in [0.1, 0.15) is 24.1 Å². The predicted molar refractivity (Wildman–Crippen MR) is 73.6 cm³/mol. The van der Waals surface area contributed by atoms with E-state index in [1.807, 2.05) is 23.8 Å². The second-order valence-corrected chi connectivity index (χ2v) is 5.62. The van der Waals surface area contributed by atoms with E-state index in [0.29, 0.717) is 0 Å². The number of hydrogen-bond acceptors (Lipinski definition) is 2. The average Bonchev–Trinajstić information content (AvgIpc) is 2.87. The van der Waals surface area contributed by atoms with E-state index >= 15 is 0 Å². The summed E-state index contributed by atoms with van der Waals surface area (Å²) in [5.74, 6) is -1.07. The van der Waals surface area contributed by atoms with Crippen LogP contribution in [0.25, 0.3) is 0 Å². The molecule has 0 spiro atoms. The lowest BCUT2D eigenvalue weighted by molar-refractivity contribution is 0.507. The molecular weight excluding hydrogens is 320 g/mol. The van der Waals surface area contributed by atoms with Crippen molar-refractivity contribution in [2.75, 3.05) is 0 Å². The van der Waals surface area contributed by atoms with E-state index in [1.165, 1.54) is 12.1 Å². The average molecular weight is 332 g/mol. The van der Waals surface area contributed by atoms with E-state index in [4.69, 9.17) is 0 Å². The van der Waals surface area contributed by atoms with Crippen molar-refractivity contribution in [3.05, 3.63) is 56.2 Å². The van der Waals surface area contributed by atoms with Crippen molar-refractivity contribution in [3.63, 3.8) is 0 Å². The van der Waals surface area contributed by atoms with E-state index < -0.39 is 11.6 Å². The summed E-state index contributed by atoms with van der Waals surface area (Å²) >= 11 is 4.66. The molecule has 0 aliphatic heterocycles. The molecule has 96 valence electrons. The summed E-state index contributed by atoms with van der Waals surface area (Å²) in [5.41, 5.74) is 1.18. The van der Waals surface area contributed by atoms with Crippen molar-refractivity contribution < 1.29 is 8.78 Å². The van der Waals surface area contributed by atoms with E-state index in [2.05, 4.69) is 21.2 Å². The molecule has 0 saturated heterocycles. The first-order chi connectivity index (χ1) is 8.59. The summed E-state index contributed by atoms with van der Waals surface area (Å²) in [6, 6.07) is 4.69. The van der Waals surface area contributed by atoms with Crippen molar-refractivity contribution in [1.29, 1.82) is 0 Å². The second-order valence-electron chi connectivity index (χ2n) is 3.98. The van der Waals surface area contributed by atoms with Gasteiger partial charge in [-0.1, -0.05) is 0 Å². The minimum absolute atomic E-state index is 0.0615. The Labute approximate surface area is 117 Å². The minimum atomic E-state index is -0.542. The molecule has 1 aromatic heterocycles. The van der Waals surface area contributed by atoms with Gasteiger partial charge < -0.3 is 5.32 Å². The first-order valence-corrected chi connectivity index (χ1v) is 7.21. The van der Waals surface area contributed by atoms with Gasteiger partial charge in [-0.3, -0.25) is 0 Å². The number of nitrogens with one attached hydrogen (secondary N) is 1. The van der Waals surface area contributed by atoms with Crippen molar-refractivity contribution in [3.8, 4) is 0 Å². The maximum atomic E-state index is 13.7. The highest BCUT2D eigenvalue weighted by atomic mass is 79.9. The van der Waals surface area contributed by atoms with Gasteiger partial charge in [0, 0.05) is 18.2 Å². The summed E-state index contributed by atoms with van der Waals surface area (Å²) in [4.78, 5) is 0. The Balaban J connectivity index is 2.09. The van der Waals surface area contributed by atoms with Gasteiger partial charge in [0.05, 0.1) is 4.47 Å². The predicted octanol–water partition coefficient (Wildman–Crippen LogP) is 4.64. The zero-order chi connectivity index (χ0) is 13.1. The van der Waals surface area contributed by atoms with Crippen LogP contribution in [0.3, 0.4) is 0 Å². The molecule has 0 aliphatic carbocycles. The van der Waals surface area contributed by atoms with Gasteiger partial charge in [0.15, 0.2) is 0 Å². The third kappa shape index (κ3) is 2.96. The van der Waals surface area contributed by atoms with Crippen molar-refractivity contribution in [2.45, 2.75) is 19.5 Å². The van der Waals surface area contributed by atoms with Gasteiger partial charge in [0.2, 0.25) is 0 Å². The van der Waals surface area contributed by atoms with Crippen LogP contribution in [0.4, 0.5) is 8.78 Å². The second kappa shape index (κ2) is 5.91. The molecule has 1 heterocycles. The fourth-order valence-electron chi connectivity index (χ4n) is 1.63. The molecule has 1 atom stereocenters. The van der Waals surface area contributed by atoms with Crippen molar-refractivity contribution >= 4 is 27.3 Å². The molecule has 2 aromatic rings. The molecule has 5 heteroatoms. The largest absolute Gasteiger partial charge is 0.306 e. The van der Waals surface area contributed by atoms with Gasteiger partial charge in [-0.2, -0.15) is 11.3 Å². The van der Waals surface area contributed by atoms with Gasteiger partial charge in [-0.25, -0.2) is 8.78 Å². The molecule has 2 rings (SSSR count). The lowest BCUT2D eigenvalue weighted by Crippen LogP contribution is -2.19. The molecule has 0 aliphatic rings. The fraction of sp³-hybridized carbons (Fsp3) is 0.231. The molecule has 1 aromatic carbocycles. The quantitative estimate of drug-likeness (QED) is 0.805. The van der Waals surface area contributed by atoms with Gasteiger partial charge in [0.25, 0.3) is 0 Å². The highest BCUT2D eigenvalue weighted by Gasteiger charge is 2.13. The summed E-state index contributed by atoms with van der Waals surface area (Å²) in [6.45, 7) is 2.13. The highest BCUT2D eigenvalue weighted by Crippen LogP contribution is 2.23. The Morgan fingerprint density at radius 2 is 2.11 bits per heavy atom. The number of halogens is 3. The summed E-state index contributed by atoms with van der Waals surface area (Å²) in [5, 5.41) is 7.12. The standard InChI is InChI=1S/C13H12BrF2NS/c1-8(9-4-5-18-7-9)17-6-10-12(15)3-2-11(14)13(10)16/h2-5,7-8,17H,6H2,1H3. The van der Waals surface area contributed by atoms with Crippen LogP contribution in [0.5, 0.6) is 0 Å². The topological polar surface area (TPSA) is 12.0 Å². The van der Waals surface area contributed by atoms with Crippen LogP contribution >= 0.6 is 27.3 Å². The fourth-order valence-corrected chi connectivity index (χ4v) is 2.75. The Hall–Kier alpha value is -0.780. The van der Waals surface area contributed by atoms with Gasteiger partial charge in [-0.15, -0.1) is 0 Å². The van der Waals surface area contributed by atoms with Gasteiger partial charge in [0.1, 0.15) is 11.6 Å². The smallest absolute Gasteiger partial charge is 0.144 e. The number of rotatable bonds is 4. The van der Waals surface area contributed by atoms with Crippen molar-refractivity contribution in [2.24, 2.45) is 0 Å². The monoisotopic (exact) mass is 331 g/mol. The molecule has 0 radical (unpaired) electrons. The Bertz CT molecular complexity index is 528. The molecule has 0 bridgehead atoms. The number of hydrogen-bond donors (Lipinski definition) is 1. The minimum Gasteiger partial charge on any atom is -0.306 e. The Kier molecular flexibility index (Phi) is 4.48. The molecule has 0 fully saturated rings. The Morgan fingerprint density at radius 3 is 2.78 bits per heavy atom. The van der Waals surface area contributed by atoms with Crippen LogP contribution in [0.15, 0.2) is 33.4 Å². The van der Waals surface area contributed by atoms with E-state index in [0.717, 1.165) is 5.56 Å². The first kappa shape index (κ1) is 13.6. The van der Waals surface area contributed by atoms with E-state index in [-0.39, 0.29) is 22.6 Å². The van der Waals surface area contributed by atoms with Crippen LogP contribution in [-0.2, 0) is 6.54 Å². The summed E-state index contributed by atoms with van der Waals surface area (Å²) < 4.78 is 27.5. The molecule has 1 unspecified atom stereocenters. The molecule has 1 N–H and O–H groups in total. The zero-order valence-corrected chi connectivity index (χ0v) is 12.1. The first-order valence-electron chi connectivity index (χ1n) is 5.47. The molecule has 1 nitrogen and oxygen atoms in total. The lowest BCUT2D eigenvalue weighted by atomic mass is 10.1. The SMILES string of the molecule is CC(NCc1c(F)ccc(Br)c1F)c1ccsc1. The van der Waals surface area contributed by atoms with E-state index in [9.17, 15) is 8.78 Å². The highest BCUT2D eigenvalue weighted by molar-refractivity contribution is 9.10. The molecule has 0 amide bonds. The molecule has 18 heavy (non-hydrogen) atoms. The van der Waals surface area contributed by atoms with Crippen LogP contribution in [-0.4, -0.2) is 0 Å². The van der Waals surface area contributed by atoms with Crippen LogP contribution < -0.4 is 5.32 Å². The normalized spacial score (nSPS) is 12.7. The Morgan fingerprint density at radius 1 is 1.33 bits per heavy atom. The number of benzene rings is 1. The van der Waals surface area contributed by atoms with Crippen LogP contribution in [0, 0.1) is 11.6 Å². The van der Waals surface area contributed by atoms with Gasteiger partial charge in [-0.05, 0) is 57.4 Å². The maximum absolute atomic E-state index is 13.7. The zero-order valence-electron chi connectivity index (χ0n) is 9.71. The third-order valence-corrected chi connectivity index (χ3v) is 4.08. The van der Waals surface area contributed by atoms with Crippen LogP contribution in [0.2, 0.25) is 0 Å².